The lowest BCUT2D eigenvalue weighted by molar-refractivity contribution is 0.219. The van der Waals surface area contributed by atoms with E-state index in [4.69, 9.17) is 0 Å². The molecule has 0 aromatic heterocycles. The van der Waals surface area contributed by atoms with Crippen molar-refractivity contribution in [1.29, 1.82) is 0 Å². The molecule has 0 radical (unpaired) electrons. The van der Waals surface area contributed by atoms with Crippen LogP contribution >= 0.6 is 15.9 Å². The van der Waals surface area contributed by atoms with Crippen LogP contribution in [0.2, 0.25) is 0 Å². The highest BCUT2D eigenvalue weighted by Gasteiger charge is 2.14. The Labute approximate surface area is 108 Å². The van der Waals surface area contributed by atoms with Crippen LogP contribution in [0.25, 0.3) is 0 Å². The fraction of sp³-hybridized carbons (Fsp3) is 0.143. The van der Waals surface area contributed by atoms with Gasteiger partial charge in [-0.2, -0.15) is 0 Å². The van der Waals surface area contributed by atoms with Crippen LogP contribution in [0.15, 0.2) is 46.9 Å². The van der Waals surface area contributed by atoms with Gasteiger partial charge in [-0.3, -0.25) is 0 Å². The zero-order chi connectivity index (χ0) is 12.4. The van der Waals surface area contributed by atoms with Crippen molar-refractivity contribution in [1.82, 2.24) is 0 Å². The molecule has 0 bridgehead atoms. The van der Waals surface area contributed by atoms with Crippen molar-refractivity contribution in [2.45, 2.75) is 13.0 Å². The molecule has 88 valence electrons. The average molecular weight is 295 g/mol. The SMILES string of the molecule is Cc1cccc(C(O)c2ccc(F)cc2)c1Br. The van der Waals surface area contributed by atoms with Crippen molar-refractivity contribution >= 4 is 15.9 Å². The monoisotopic (exact) mass is 294 g/mol. The van der Waals surface area contributed by atoms with Crippen LogP contribution in [-0.2, 0) is 0 Å². The second-order valence-corrected chi connectivity index (χ2v) is 4.73. The molecule has 17 heavy (non-hydrogen) atoms. The van der Waals surface area contributed by atoms with Gasteiger partial charge in [0.2, 0.25) is 0 Å². The summed E-state index contributed by atoms with van der Waals surface area (Å²) in [5.74, 6) is -0.302. The van der Waals surface area contributed by atoms with Gasteiger partial charge < -0.3 is 5.11 Å². The third kappa shape index (κ3) is 2.56. The van der Waals surface area contributed by atoms with Crippen LogP contribution < -0.4 is 0 Å². The maximum absolute atomic E-state index is 12.8. The summed E-state index contributed by atoms with van der Waals surface area (Å²) in [4.78, 5) is 0. The Morgan fingerprint density at radius 3 is 2.41 bits per heavy atom. The van der Waals surface area contributed by atoms with Gasteiger partial charge in [-0.25, -0.2) is 4.39 Å². The second-order valence-electron chi connectivity index (χ2n) is 3.93. The van der Waals surface area contributed by atoms with Gasteiger partial charge in [-0.05, 0) is 35.7 Å². The van der Waals surface area contributed by atoms with Crippen LogP contribution in [0.1, 0.15) is 22.8 Å². The summed E-state index contributed by atoms with van der Waals surface area (Å²) in [5, 5.41) is 10.2. The predicted octanol–water partition coefficient (Wildman–Crippen LogP) is 3.98. The molecule has 0 amide bonds. The molecular formula is C14H12BrFO. The zero-order valence-electron chi connectivity index (χ0n) is 9.32. The minimum Gasteiger partial charge on any atom is -0.384 e. The lowest BCUT2D eigenvalue weighted by atomic mass is 10.00. The molecule has 0 aliphatic carbocycles. The standard InChI is InChI=1S/C14H12BrFO/c1-9-3-2-4-12(13(9)15)14(17)10-5-7-11(16)8-6-10/h2-8,14,17H,1H3. The number of halogens is 2. The zero-order valence-corrected chi connectivity index (χ0v) is 10.9. The van der Waals surface area contributed by atoms with Crippen LogP contribution in [0.3, 0.4) is 0 Å². The van der Waals surface area contributed by atoms with Gasteiger partial charge in [0.15, 0.2) is 0 Å². The molecule has 3 heteroatoms. The van der Waals surface area contributed by atoms with Crippen LogP contribution in [-0.4, -0.2) is 5.11 Å². The molecule has 0 spiro atoms. The van der Waals surface area contributed by atoms with Crippen molar-refractivity contribution in [3.8, 4) is 0 Å². The normalized spacial score (nSPS) is 12.5. The molecule has 1 N–H and O–H groups in total. The Morgan fingerprint density at radius 2 is 1.76 bits per heavy atom. The molecule has 0 heterocycles. The fourth-order valence-electron chi connectivity index (χ4n) is 1.71. The summed E-state index contributed by atoms with van der Waals surface area (Å²) >= 11 is 3.46. The molecular weight excluding hydrogens is 283 g/mol. The largest absolute Gasteiger partial charge is 0.384 e. The van der Waals surface area contributed by atoms with Gasteiger partial charge in [0.05, 0.1) is 0 Å². The molecule has 2 rings (SSSR count). The van der Waals surface area contributed by atoms with E-state index in [2.05, 4.69) is 15.9 Å². The lowest BCUT2D eigenvalue weighted by Gasteiger charge is -2.14. The topological polar surface area (TPSA) is 20.2 Å². The highest BCUT2D eigenvalue weighted by molar-refractivity contribution is 9.10. The smallest absolute Gasteiger partial charge is 0.123 e. The maximum Gasteiger partial charge on any atom is 0.123 e. The molecule has 1 nitrogen and oxygen atoms in total. The van der Waals surface area contributed by atoms with E-state index < -0.39 is 6.10 Å². The van der Waals surface area contributed by atoms with E-state index in [0.717, 1.165) is 15.6 Å². The van der Waals surface area contributed by atoms with E-state index in [-0.39, 0.29) is 5.82 Å². The van der Waals surface area contributed by atoms with Gasteiger partial charge in [-0.1, -0.05) is 46.3 Å². The Bertz CT molecular complexity index is 522. The minimum atomic E-state index is -0.745. The number of hydrogen-bond donors (Lipinski definition) is 1. The quantitative estimate of drug-likeness (QED) is 0.888. The van der Waals surface area contributed by atoms with E-state index in [0.29, 0.717) is 5.56 Å². The van der Waals surface area contributed by atoms with Crippen LogP contribution in [0.5, 0.6) is 0 Å². The molecule has 2 aromatic carbocycles. The third-order valence-electron chi connectivity index (χ3n) is 2.70. The van der Waals surface area contributed by atoms with Gasteiger partial charge in [-0.15, -0.1) is 0 Å². The van der Waals surface area contributed by atoms with E-state index in [9.17, 15) is 9.50 Å². The molecule has 1 unspecified atom stereocenters. The summed E-state index contributed by atoms with van der Waals surface area (Å²) in [6.45, 7) is 1.96. The number of aliphatic hydroxyl groups excluding tert-OH is 1. The Kier molecular flexibility index (Phi) is 3.60. The van der Waals surface area contributed by atoms with E-state index >= 15 is 0 Å². The molecule has 0 aliphatic heterocycles. The van der Waals surface area contributed by atoms with Gasteiger partial charge in [0, 0.05) is 4.47 Å². The Balaban J connectivity index is 2.40. The highest BCUT2D eigenvalue weighted by Crippen LogP contribution is 2.30. The molecule has 0 saturated carbocycles. The summed E-state index contributed by atoms with van der Waals surface area (Å²) < 4.78 is 13.7. The van der Waals surface area contributed by atoms with Crippen molar-refractivity contribution in [2.24, 2.45) is 0 Å². The van der Waals surface area contributed by atoms with Crippen molar-refractivity contribution in [3.63, 3.8) is 0 Å². The molecule has 0 fully saturated rings. The average Bonchev–Trinajstić information content (AvgIpc) is 2.33. The number of rotatable bonds is 2. The minimum absolute atomic E-state index is 0.302. The van der Waals surface area contributed by atoms with Crippen LogP contribution in [0, 0.1) is 12.7 Å². The molecule has 0 saturated heterocycles. The van der Waals surface area contributed by atoms with Gasteiger partial charge in [0.25, 0.3) is 0 Å². The first-order valence-electron chi connectivity index (χ1n) is 5.28. The summed E-state index contributed by atoms with van der Waals surface area (Å²) in [6.07, 6.45) is -0.745. The first-order valence-corrected chi connectivity index (χ1v) is 6.07. The van der Waals surface area contributed by atoms with E-state index in [1.165, 1.54) is 12.1 Å². The number of hydrogen-bond acceptors (Lipinski definition) is 1. The number of benzene rings is 2. The Morgan fingerprint density at radius 1 is 1.12 bits per heavy atom. The fourth-order valence-corrected chi connectivity index (χ4v) is 2.19. The first kappa shape index (κ1) is 12.3. The molecule has 1 atom stereocenters. The molecule has 0 aliphatic rings. The van der Waals surface area contributed by atoms with Crippen LogP contribution in [0.4, 0.5) is 4.39 Å². The predicted molar refractivity (Wildman–Crippen MR) is 69.3 cm³/mol. The highest BCUT2D eigenvalue weighted by atomic mass is 79.9. The van der Waals surface area contributed by atoms with Gasteiger partial charge >= 0.3 is 0 Å². The van der Waals surface area contributed by atoms with E-state index in [1.807, 2.05) is 25.1 Å². The Hall–Kier alpha value is -1.19. The van der Waals surface area contributed by atoms with Crippen molar-refractivity contribution in [2.75, 3.05) is 0 Å². The van der Waals surface area contributed by atoms with Gasteiger partial charge in [0.1, 0.15) is 11.9 Å². The third-order valence-corrected chi connectivity index (χ3v) is 3.79. The summed E-state index contributed by atoms with van der Waals surface area (Å²) in [7, 11) is 0. The maximum atomic E-state index is 12.8. The number of aliphatic hydroxyl groups is 1. The van der Waals surface area contributed by atoms with Crippen molar-refractivity contribution < 1.29 is 9.50 Å². The number of aryl methyl sites for hydroxylation is 1. The lowest BCUT2D eigenvalue weighted by Crippen LogP contribution is -2.01. The van der Waals surface area contributed by atoms with Crippen molar-refractivity contribution in [3.05, 3.63) is 69.4 Å². The molecule has 2 aromatic rings. The second kappa shape index (κ2) is 4.98. The summed E-state index contributed by atoms with van der Waals surface area (Å²) in [5.41, 5.74) is 2.53. The first-order chi connectivity index (χ1) is 8.09. The summed E-state index contributed by atoms with van der Waals surface area (Å²) in [6, 6.07) is 11.6. The van der Waals surface area contributed by atoms with E-state index in [1.54, 1.807) is 12.1 Å².